The maximum atomic E-state index is 10.9. The molecule has 1 unspecified atom stereocenters. The molecule has 0 spiro atoms. The molecule has 0 fully saturated rings. The number of halogens is 1. The maximum absolute atomic E-state index is 10.9. The standard InChI is InChI=1S/C10H9BrO5/c11-9-5(2-1-3-7(9)12)6(10(15)16)4-8(13)14/h1-3,6,12H,4H2,(H,13,14)(H,15,16). The SMILES string of the molecule is O=C(O)CC(C(=O)O)c1cccc(O)c1Br. The van der Waals surface area contributed by atoms with Crippen LogP contribution in [0.25, 0.3) is 0 Å². The predicted octanol–water partition coefficient (Wildman–Crippen LogP) is 1.80. The lowest BCUT2D eigenvalue weighted by molar-refractivity contribution is -0.145. The number of benzene rings is 1. The number of rotatable bonds is 4. The summed E-state index contributed by atoms with van der Waals surface area (Å²) >= 11 is 3.03. The number of aliphatic carboxylic acids is 2. The van der Waals surface area contributed by atoms with Crippen molar-refractivity contribution in [2.75, 3.05) is 0 Å². The minimum Gasteiger partial charge on any atom is -0.507 e. The molecule has 1 aromatic rings. The number of phenols is 1. The van der Waals surface area contributed by atoms with Crippen LogP contribution in [0.4, 0.5) is 0 Å². The van der Waals surface area contributed by atoms with Gasteiger partial charge in [0, 0.05) is 0 Å². The van der Waals surface area contributed by atoms with Crippen molar-refractivity contribution in [3.63, 3.8) is 0 Å². The molecular formula is C10H9BrO5. The number of aromatic hydroxyl groups is 1. The zero-order chi connectivity index (χ0) is 12.3. The van der Waals surface area contributed by atoms with Crippen LogP contribution in [0.3, 0.4) is 0 Å². The number of carbonyl (C=O) groups is 2. The highest BCUT2D eigenvalue weighted by atomic mass is 79.9. The second-order valence-electron chi connectivity index (χ2n) is 3.17. The first-order chi connectivity index (χ1) is 7.43. The third kappa shape index (κ3) is 2.73. The Hall–Kier alpha value is -1.56. The lowest BCUT2D eigenvalue weighted by Gasteiger charge is -2.12. The molecule has 3 N–H and O–H groups in total. The summed E-state index contributed by atoms with van der Waals surface area (Å²) in [6, 6.07) is 4.31. The fourth-order valence-corrected chi connectivity index (χ4v) is 1.85. The first-order valence-electron chi connectivity index (χ1n) is 4.35. The maximum Gasteiger partial charge on any atom is 0.311 e. The molecule has 0 bridgehead atoms. The number of hydrogen-bond acceptors (Lipinski definition) is 3. The third-order valence-electron chi connectivity index (χ3n) is 2.06. The summed E-state index contributed by atoms with van der Waals surface area (Å²) < 4.78 is 0.212. The third-order valence-corrected chi connectivity index (χ3v) is 2.92. The van der Waals surface area contributed by atoms with Gasteiger partial charge < -0.3 is 15.3 Å². The first kappa shape index (κ1) is 12.5. The van der Waals surface area contributed by atoms with Gasteiger partial charge in [0.2, 0.25) is 0 Å². The fraction of sp³-hybridized carbons (Fsp3) is 0.200. The minimum absolute atomic E-state index is 0.117. The quantitative estimate of drug-likeness (QED) is 0.785. The van der Waals surface area contributed by atoms with Gasteiger partial charge in [-0.3, -0.25) is 9.59 Å². The van der Waals surface area contributed by atoms with Crippen molar-refractivity contribution in [1.29, 1.82) is 0 Å². The number of carboxylic acid groups (broad SMARTS) is 2. The van der Waals surface area contributed by atoms with E-state index in [0.717, 1.165) is 0 Å². The molecule has 0 aliphatic carbocycles. The molecule has 0 aromatic heterocycles. The van der Waals surface area contributed by atoms with Crippen LogP contribution in [0.5, 0.6) is 5.75 Å². The molecule has 0 saturated carbocycles. The predicted molar refractivity (Wildman–Crippen MR) is 58.4 cm³/mol. The van der Waals surface area contributed by atoms with Gasteiger partial charge in [0.25, 0.3) is 0 Å². The summed E-state index contributed by atoms with van der Waals surface area (Å²) in [5, 5.41) is 26.9. The normalized spacial score (nSPS) is 12.1. The highest BCUT2D eigenvalue weighted by Crippen LogP contribution is 2.33. The van der Waals surface area contributed by atoms with Gasteiger partial charge in [-0.1, -0.05) is 12.1 Å². The van der Waals surface area contributed by atoms with E-state index in [1.807, 2.05) is 0 Å². The molecular weight excluding hydrogens is 280 g/mol. The largest absolute Gasteiger partial charge is 0.507 e. The zero-order valence-electron chi connectivity index (χ0n) is 8.05. The highest BCUT2D eigenvalue weighted by Gasteiger charge is 2.25. The molecule has 0 saturated heterocycles. The number of hydrogen-bond donors (Lipinski definition) is 3. The Kier molecular flexibility index (Phi) is 3.89. The van der Waals surface area contributed by atoms with Crippen LogP contribution in [-0.2, 0) is 9.59 Å². The van der Waals surface area contributed by atoms with Gasteiger partial charge in [-0.25, -0.2) is 0 Å². The van der Waals surface area contributed by atoms with Gasteiger partial charge in [0.15, 0.2) is 0 Å². The van der Waals surface area contributed by atoms with Gasteiger partial charge in [-0.15, -0.1) is 0 Å². The zero-order valence-corrected chi connectivity index (χ0v) is 9.64. The second kappa shape index (κ2) is 4.98. The van der Waals surface area contributed by atoms with Crippen LogP contribution in [-0.4, -0.2) is 27.3 Å². The Morgan fingerprint density at radius 3 is 2.44 bits per heavy atom. The van der Waals surface area contributed by atoms with Gasteiger partial charge in [-0.05, 0) is 27.6 Å². The van der Waals surface area contributed by atoms with E-state index in [0.29, 0.717) is 0 Å². The van der Waals surface area contributed by atoms with Crippen molar-refractivity contribution in [2.24, 2.45) is 0 Å². The summed E-state index contributed by atoms with van der Waals surface area (Å²) in [4.78, 5) is 21.5. The molecule has 1 rings (SSSR count). The van der Waals surface area contributed by atoms with Crippen molar-refractivity contribution in [3.05, 3.63) is 28.2 Å². The molecule has 1 atom stereocenters. The van der Waals surface area contributed by atoms with Crippen LogP contribution >= 0.6 is 15.9 Å². The van der Waals surface area contributed by atoms with E-state index in [2.05, 4.69) is 15.9 Å². The van der Waals surface area contributed by atoms with E-state index in [-0.39, 0.29) is 15.8 Å². The lowest BCUT2D eigenvalue weighted by Crippen LogP contribution is -2.16. The second-order valence-corrected chi connectivity index (χ2v) is 3.96. The van der Waals surface area contributed by atoms with Gasteiger partial charge in [-0.2, -0.15) is 0 Å². The molecule has 16 heavy (non-hydrogen) atoms. The monoisotopic (exact) mass is 288 g/mol. The molecule has 0 radical (unpaired) electrons. The van der Waals surface area contributed by atoms with E-state index >= 15 is 0 Å². The average Bonchev–Trinajstić information content (AvgIpc) is 2.18. The van der Waals surface area contributed by atoms with Gasteiger partial charge in [0.05, 0.1) is 16.8 Å². The number of phenolic OH excluding ortho intramolecular Hbond substituents is 1. The van der Waals surface area contributed by atoms with Crippen LogP contribution in [0.15, 0.2) is 22.7 Å². The van der Waals surface area contributed by atoms with E-state index in [1.54, 1.807) is 0 Å². The first-order valence-corrected chi connectivity index (χ1v) is 5.14. The van der Waals surface area contributed by atoms with Crippen LogP contribution in [0.2, 0.25) is 0 Å². The van der Waals surface area contributed by atoms with E-state index in [4.69, 9.17) is 10.2 Å². The van der Waals surface area contributed by atoms with Crippen molar-refractivity contribution >= 4 is 27.9 Å². The minimum atomic E-state index is -1.24. The molecule has 0 amide bonds. The van der Waals surface area contributed by atoms with E-state index < -0.39 is 24.3 Å². The van der Waals surface area contributed by atoms with Gasteiger partial charge in [0.1, 0.15) is 5.75 Å². The van der Waals surface area contributed by atoms with Crippen LogP contribution in [0.1, 0.15) is 17.9 Å². The molecule has 86 valence electrons. The molecule has 0 heterocycles. The highest BCUT2D eigenvalue weighted by molar-refractivity contribution is 9.10. The van der Waals surface area contributed by atoms with Crippen molar-refractivity contribution < 1.29 is 24.9 Å². The molecule has 6 heteroatoms. The van der Waals surface area contributed by atoms with Crippen molar-refractivity contribution in [3.8, 4) is 5.75 Å². The molecule has 0 aliphatic rings. The van der Waals surface area contributed by atoms with Crippen molar-refractivity contribution in [1.82, 2.24) is 0 Å². The lowest BCUT2D eigenvalue weighted by atomic mass is 9.96. The summed E-state index contributed by atoms with van der Waals surface area (Å²) in [6.07, 6.45) is -0.530. The van der Waals surface area contributed by atoms with Crippen LogP contribution < -0.4 is 0 Å². The average molecular weight is 289 g/mol. The van der Waals surface area contributed by atoms with E-state index in [1.165, 1.54) is 18.2 Å². The molecule has 0 aliphatic heterocycles. The summed E-state index contributed by atoms with van der Waals surface area (Å²) in [5.41, 5.74) is 0.245. The van der Waals surface area contributed by atoms with Crippen molar-refractivity contribution in [2.45, 2.75) is 12.3 Å². The Bertz CT molecular complexity index is 429. The summed E-state index contributed by atoms with van der Waals surface area (Å²) in [5.74, 6) is -3.75. The number of carboxylic acids is 2. The fourth-order valence-electron chi connectivity index (χ4n) is 1.31. The van der Waals surface area contributed by atoms with Gasteiger partial charge >= 0.3 is 11.9 Å². The Labute approximate surface area is 99.5 Å². The Balaban J connectivity index is 3.16. The Morgan fingerprint density at radius 2 is 1.94 bits per heavy atom. The molecule has 5 nitrogen and oxygen atoms in total. The topological polar surface area (TPSA) is 94.8 Å². The van der Waals surface area contributed by atoms with Crippen LogP contribution in [0, 0.1) is 0 Å². The summed E-state index contributed by atoms with van der Waals surface area (Å²) in [7, 11) is 0. The Morgan fingerprint density at radius 1 is 1.31 bits per heavy atom. The smallest absolute Gasteiger partial charge is 0.311 e. The summed E-state index contributed by atoms with van der Waals surface area (Å²) in [6.45, 7) is 0. The van der Waals surface area contributed by atoms with E-state index in [9.17, 15) is 14.7 Å². The molecule has 1 aromatic carbocycles.